The van der Waals surface area contributed by atoms with Gasteiger partial charge in [-0.25, -0.2) is 14.4 Å². The molecule has 2 aromatic heterocycles. The summed E-state index contributed by atoms with van der Waals surface area (Å²) in [5, 5.41) is 2.42. The molecule has 4 aromatic rings. The number of benzene rings is 2. The van der Waals surface area contributed by atoms with Crippen LogP contribution in [0.3, 0.4) is 0 Å². The van der Waals surface area contributed by atoms with Gasteiger partial charge in [0.2, 0.25) is 5.78 Å². The number of ketones is 1. The van der Waals surface area contributed by atoms with E-state index in [1.54, 1.807) is 36.9 Å². The zero-order valence-electron chi connectivity index (χ0n) is 16.2. The van der Waals surface area contributed by atoms with E-state index in [4.69, 9.17) is 26.1 Å². The average molecular weight is 446 g/mol. The standard InChI is InChI=1S/C21H17ClFN3O3S/c1-28-11-26-16(9-12-3-5-13(23)6-4-12)25-17-18(26)15(22)10-14(20(17)29-2)19(27)21-24-7-8-30-21/h3-8,10H,9,11H2,1-2H3. The van der Waals surface area contributed by atoms with Crippen molar-refractivity contribution in [3.63, 3.8) is 0 Å². The number of halogens is 2. The third-order valence-electron chi connectivity index (χ3n) is 4.61. The third-order valence-corrected chi connectivity index (χ3v) is 5.67. The highest BCUT2D eigenvalue weighted by atomic mass is 35.5. The first-order chi connectivity index (χ1) is 14.5. The maximum absolute atomic E-state index is 13.3. The SMILES string of the molecule is COCn1c(Cc2ccc(F)cc2)nc2c(OC)c(C(=O)c3nccs3)cc(Cl)c21. The number of methoxy groups -OCH3 is 2. The molecule has 4 rings (SSSR count). The second-order valence-electron chi connectivity index (χ2n) is 6.48. The molecule has 0 aliphatic heterocycles. The maximum Gasteiger partial charge on any atom is 0.225 e. The number of hydrogen-bond acceptors (Lipinski definition) is 6. The quantitative estimate of drug-likeness (QED) is 0.385. The number of imidazole rings is 1. The van der Waals surface area contributed by atoms with Gasteiger partial charge < -0.3 is 14.0 Å². The zero-order chi connectivity index (χ0) is 21.3. The minimum absolute atomic E-state index is 0.204. The van der Waals surface area contributed by atoms with Gasteiger partial charge in [0.05, 0.1) is 23.2 Å². The van der Waals surface area contributed by atoms with Crippen LogP contribution < -0.4 is 4.74 Å². The van der Waals surface area contributed by atoms with Crippen molar-refractivity contribution in [2.45, 2.75) is 13.2 Å². The second kappa shape index (κ2) is 8.51. The van der Waals surface area contributed by atoms with E-state index in [9.17, 15) is 9.18 Å². The normalized spacial score (nSPS) is 11.2. The number of hydrogen-bond donors (Lipinski definition) is 0. The van der Waals surface area contributed by atoms with E-state index in [-0.39, 0.29) is 18.3 Å². The lowest BCUT2D eigenvalue weighted by Gasteiger charge is -2.11. The van der Waals surface area contributed by atoms with Crippen molar-refractivity contribution in [1.29, 1.82) is 0 Å². The molecule has 0 bridgehead atoms. The predicted molar refractivity (Wildman–Crippen MR) is 113 cm³/mol. The van der Waals surface area contributed by atoms with Gasteiger partial charge in [-0.05, 0) is 23.8 Å². The van der Waals surface area contributed by atoms with Crippen molar-refractivity contribution in [2.24, 2.45) is 0 Å². The van der Waals surface area contributed by atoms with Crippen molar-refractivity contribution < 1.29 is 18.7 Å². The van der Waals surface area contributed by atoms with E-state index < -0.39 is 0 Å². The van der Waals surface area contributed by atoms with Crippen LogP contribution in [-0.2, 0) is 17.9 Å². The molecule has 0 unspecified atom stereocenters. The highest BCUT2D eigenvalue weighted by molar-refractivity contribution is 7.11. The first kappa shape index (κ1) is 20.5. The van der Waals surface area contributed by atoms with Crippen LogP contribution in [0.2, 0.25) is 5.02 Å². The van der Waals surface area contributed by atoms with Crippen molar-refractivity contribution in [1.82, 2.24) is 14.5 Å². The topological polar surface area (TPSA) is 66.2 Å². The van der Waals surface area contributed by atoms with E-state index in [0.717, 1.165) is 5.56 Å². The third kappa shape index (κ3) is 3.69. The van der Waals surface area contributed by atoms with Crippen LogP contribution in [0.4, 0.5) is 4.39 Å². The Kier molecular flexibility index (Phi) is 5.80. The van der Waals surface area contributed by atoms with Gasteiger partial charge in [0.1, 0.15) is 23.9 Å². The average Bonchev–Trinajstić information content (AvgIpc) is 3.39. The van der Waals surface area contributed by atoms with E-state index in [0.29, 0.717) is 44.6 Å². The minimum Gasteiger partial charge on any atom is -0.494 e. The molecule has 0 atom stereocenters. The minimum atomic E-state index is -0.306. The Balaban J connectivity index is 1.89. The first-order valence-electron chi connectivity index (χ1n) is 8.96. The highest BCUT2D eigenvalue weighted by Gasteiger charge is 2.25. The molecule has 2 aromatic carbocycles. The van der Waals surface area contributed by atoms with Gasteiger partial charge in [-0.1, -0.05) is 23.7 Å². The predicted octanol–water partition coefficient (Wildman–Crippen LogP) is 4.72. The van der Waals surface area contributed by atoms with E-state index in [2.05, 4.69) is 4.98 Å². The molecular formula is C21H17ClFN3O3S. The van der Waals surface area contributed by atoms with E-state index in [1.807, 2.05) is 4.57 Å². The van der Waals surface area contributed by atoms with Crippen molar-refractivity contribution in [3.8, 4) is 5.75 Å². The van der Waals surface area contributed by atoms with Crippen molar-refractivity contribution in [2.75, 3.05) is 14.2 Å². The van der Waals surface area contributed by atoms with Crippen molar-refractivity contribution >= 4 is 39.8 Å². The first-order valence-corrected chi connectivity index (χ1v) is 10.2. The Morgan fingerprint density at radius 1 is 1.27 bits per heavy atom. The fourth-order valence-electron chi connectivity index (χ4n) is 3.30. The van der Waals surface area contributed by atoms with Gasteiger partial charge in [-0.3, -0.25) is 4.79 Å². The summed E-state index contributed by atoms with van der Waals surface area (Å²) in [6.45, 7) is 0.204. The van der Waals surface area contributed by atoms with Crippen LogP contribution in [0.5, 0.6) is 5.75 Å². The Morgan fingerprint density at radius 2 is 2.03 bits per heavy atom. The number of thiazole rings is 1. The Hall–Kier alpha value is -2.81. The van der Waals surface area contributed by atoms with Crippen molar-refractivity contribution in [3.05, 3.63) is 74.7 Å². The van der Waals surface area contributed by atoms with Crippen LogP contribution >= 0.6 is 22.9 Å². The van der Waals surface area contributed by atoms with Crippen LogP contribution in [0.15, 0.2) is 41.9 Å². The molecule has 0 amide bonds. The molecule has 0 N–H and O–H groups in total. The van der Waals surface area contributed by atoms with Crippen LogP contribution in [0.1, 0.15) is 26.8 Å². The van der Waals surface area contributed by atoms with E-state index >= 15 is 0 Å². The van der Waals surface area contributed by atoms with Gasteiger partial charge in [0, 0.05) is 25.1 Å². The number of ether oxygens (including phenoxy) is 2. The molecule has 0 saturated carbocycles. The van der Waals surface area contributed by atoms with Gasteiger partial charge in [-0.2, -0.15) is 0 Å². The number of fused-ring (bicyclic) bond motifs is 1. The van der Waals surface area contributed by atoms with Crippen LogP contribution in [-0.4, -0.2) is 34.5 Å². The molecule has 6 nitrogen and oxygen atoms in total. The molecule has 154 valence electrons. The lowest BCUT2D eigenvalue weighted by Crippen LogP contribution is -2.07. The molecule has 0 saturated heterocycles. The Labute approximate surface area is 180 Å². The van der Waals surface area contributed by atoms with Gasteiger partial charge in [0.25, 0.3) is 0 Å². The fourth-order valence-corrected chi connectivity index (χ4v) is 4.19. The van der Waals surface area contributed by atoms with Gasteiger partial charge in [-0.15, -0.1) is 11.3 Å². The highest BCUT2D eigenvalue weighted by Crippen LogP contribution is 2.37. The zero-order valence-corrected chi connectivity index (χ0v) is 17.8. The lowest BCUT2D eigenvalue weighted by atomic mass is 10.1. The number of carbonyl (C=O) groups is 1. The summed E-state index contributed by atoms with van der Waals surface area (Å²) in [6.07, 6.45) is 1.99. The molecule has 9 heteroatoms. The smallest absolute Gasteiger partial charge is 0.225 e. The summed E-state index contributed by atoms with van der Waals surface area (Å²) in [4.78, 5) is 21.7. The number of nitrogens with zero attached hydrogens (tertiary/aromatic N) is 3. The number of carbonyl (C=O) groups excluding carboxylic acids is 1. The maximum atomic E-state index is 13.3. The van der Waals surface area contributed by atoms with Gasteiger partial charge in [0.15, 0.2) is 10.8 Å². The Bertz CT molecular complexity index is 1210. The lowest BCUT2D eigenvalue weighted by molar-refractivity contribution is 0.103. The summed E-state index contributed by atoms with van der Waals surface area (Å²) in [6, 6.07) is 7.76. The summed E-state index contributed by atoms with van der Waals surface area (Å²) in [7, 11) is 3.05. The Morgan fingerprint density at radius 3 is 2.67 bits per heavy atom. The van der Waals surface area contributed by atoms with Crippen LogP contribution in [0.25, 0.3) is 11.0 Å². The molecule has 0 aliphatic rings. The number of rotatable bonds is 7. The number of aromatic nitrogens is 3. The largest absolute Gasteiger partial charge is 0.494 e. The molecule has 30 heavy (non-hydrogen) atoms. The van der Waals surface area contributed by atoms with Crippen LogP contribution in [0, 0.1) is 5.82 Å². The fraction of sp³-hybridized carbons (Fsp3) is 0.190. The molecular weight excluding hydrogens is 429 g/mol. The van der Waals surface area contributed by atoms with E-state index in [1.165, 1.54) is 30.6 Å². The molecule has 2 heterocycles. The monoisotopic (exact) mass is 445 g/mol. The summed E-state index contributed by atoms with van der Waals surface area (Å²) < 4.78 is 26.0. The molecule has 0 spiro atoms. The summed E-state index contributed by atoms with van der Waals surface area (Å²) in [5.41, 5.74) is 2.22. The summed E-state index contributed by atoms with van der Waals surface area (Å²) >= 11 is 7.82. The molecule has 0 fully saturated rings. The van der Waals surface area contributed by atoms with Gasteiger partial charge >= 0.3 is 0 Å². The summed E-state index contributed by atoms with van der Waals surface area (Å²) in [5.74, 6) is 0.383. The second-order valence-corrected chi connectivity index (χ2v) is 7.78. The molecule has 0 aliphatic carbocycles. The molecule has 0 radical (unpaired) electrons.